The Hall–Kier alpha value is -2.43. The van der Waals surface area contributed by atoms with Crippen LogP contribution in [0.3, 0.4) is 0 Å². The van der Waals surface area contributed by atoms with Gasteiger partial charge >= 0.3 is 0 Å². The van der Waals surface area contributed by atoms with Crippen LogP contribution in [0.4, 0.5) is 0 Å². The Morgan fingerprint density at radius 2 is 1.95 bits per heavy atom. The van der Waals surface area contributed by atoms with Crippen LogP contribution in [0.2, 0.25) is 0 Å². The molecule has 0 radical (unpaired) electrons. The lowest BCUT2D eigenvalue weighted by Crippen LogP contribution is -2.38. The molecular weight excluding hydrogens is 278 g/mol. The number of nitrogens with one attached hydrogen (secondary N) is 1. The molecule has 2 amide bonds. The number of carbonyl (C=O) groups excluding carboxylic acids is 2. The van der Waals surface area contributed by atoms with Gasteiger partial charge in [0.15, 0.2) is 0 Å². The molecule has 5 heteroatoms. The molecule has 5 nitrogen and oxygen atoms in total. The zero-order valence-electron chi connectivity index (χ0n) is 12.6. The minimum absolute atomic E-state index is 0.0130. The molecule has 0 bridgehead atoms. The average molecular weight is 297 g/mol. The van der Waals surface area contributed by atoms with Crippen LogP contribution < -0.4 is 5.32 Å². The van der Waals surface area contributed by atoms with Gasteiger partial charge in [-0.15, -0.1) is 0 Å². The lowest BCUT2D eigenvalue weighted by molar-refractivity contribution is -0.129. The molecule has 0 spiro atoms. The van der Waals surface area contributed by atoms with Gasteiger partial charge in [-0.05, 0) is 31.9 Å². The van der Waals surface area contributed by atoms with Crippen molar-refractivity contribution in [3.63, 3.8) is 0 Å². The highest BCUT2D eigenvalue weighted by atomic mass is 16.2. The number of rotatable bonds is 3. The van der Waals surface area contributed by atoms with Crippen molar-refractivity contribution in [1.29, 1.82) is 0 Å². The zero-order valence-corrected chi connectivity index (χ0v) is 12.6. The van der Waals surface area contributed by atoms with Gasteiger partial charge in [-0.2, -0.15) is 0 Å². The van der Waals surface area contributed by atoms with Crippen molar-refractivity contribution < 1.29 is 9.59 Å². The summed E-state index contributed by atoms with van der Waals surface area (Å²) in [6, 6.07) is 9.30. The standard InChI is InChI=1S/C17H19N3O2/c1-12-10-14(13-6-2-3-7-15(13)19-12)17(22)18-11-16(21)20-8-4-5-9-20/h2-3,6-7,10H,4-5,8-9,11H2,1H3,(H,18,22). The maximum Gasteiger partial charge on any atom is 0.252 e. The van der Waals surface area contributed by atoms with Crippen LogP contribution in [0.15, 0.2) is 30.3 Å². The molecule has 0 atom stereocenters. The molecule has 0 saturated carbocycles. The molecule has 2 heterocycles. The van der Waals surface area contributed by atoms with Gasteiger partial charge in [0.05, 0.1) is 17.6 Å². The molecule has 1 aromatic carbocycles. The third kappa shape index (κ3) is 2.93. The van der Waals surface area contributed by atoms with Gasteiger partial charge in [-0.1, -0.05) is 18.2 Å². The molecule has 2 aromatic rings. The number of aromatic nitrogens is 1. The second-order valence-electron chi connectivity index (χ2n) is 5.60. The quantitative estimate of drug-likeness (QED) is 0.941. The summed E-state index contributed by atoms with van der Waals surface area (Å²) in [7, 11) is 0. The van der Waals surface area contributed by atoms with Crippen molar-refractivity contribution in [2.75, 3.05) is 19.6 Å². The van der Waals surface area contributed by atoms with E-state index in [9.17, 15) is 9.59 Å². The largest absolute Gasteiger partial charge is 0.343 e. The summed E-state index contributed by atoms with van der Waals surface area (Å²) in [5, 5.41) is 3.54. The molecule has 3 rings (SSSR count). The van der Waals surface area contributed by atoms with E-state index in [-0.39, 0.29) is 18.4 Å². The van der Waals surface area contributed by atoms with Crippen LogP contribution in [-0.2, 0) is 4.79 Å². The first-order valence-electron chi connectivity index (χ1n) is 7.57. The van der Waals surface area contributed by atoms with Gasteiger partial charge in [-0.3, -0.25) is 14.6 Å². The highest BCUT2D eigenvalue weighted by Gasteiger charge is 2.19. The van der Waals surface area contributed by atoms with E-state index in [1.165, 1.54) is 0 Å². The van der Waals surface area contributed by atoms with Crippen LogP contribution in [-0.4, -0.2) is 41.3 Å². The Balaban J connectivity index is 1.76. The first kappa shape index (κ1) is 14.5. The van der Waals surface area contributed by atoms with E-state index < -0.39 is 0 Å². The van der Waals surface area contributed by atoms with Crippen molar-refractivity contribution in [1.82, 2.24) is 15.2 Å². The first-order valence-corrected chi connectivity index (χ1v) is 7.57. The minimum atomic E-state index is -0.228. The Bertz CT molecular complexity index is 721. The molecule has 114 valence electrons. The number of benzene rings is 1. The van der Waals surface area contributed by atoms with Crippen molar-refractivity contribution in [2.45, 2.75) is 19.8 Å². The molecule has 1 aromatic heterocycles. The predicted molar refractivity (Wildman–Crippen MR) is 84.6 cm³/mol. The van der Waals surface area contributed by atoms with Gasteiger partial charge in [0, 0.05) is 24.2 Å². The molecule has 1 fully saturated rings. The Kier molecular flexibility index (Phi) is 4.04. The Labute approximate surface area is 129 Å². The number of likely N-dealkylation sites (tertiary alicyclic amines) is 1. The molecular formula is C17H19N3O2. The summed E-state index contributed by atoms with van der Waals surface area (Å²) in [5.74, 6) is -0.241. The van der Waals surface area contributed by atoms with E-state index in [4.69, 9.17) is 0 Å². The van der Waals surface area contributed by atoms with Crippen LogP contribution in [0, 0.1) is 6.92 Å². The van der Waals surface area contributed by atoms with Gasteiger partial charge in [0.1, 0.15) is 0 Å². The van der Waals surface area contributed by atoms with Crippen molar-refractivity contribution in [3.8, 4) is 0 Å². The van der Waals surface area contributed by atoms with Gasteiger partial charge in [0.25, 0.3) is 5.91 Å². The summed E-state index contributed by atoms with van der Waals surface area (Å²) in [4.78, 5) is 30.7. The SMILES string of the molecule is Cc1cc(C(=O)NCC(=O)N2CCCC2)c2ccccc2n1. The number of pyridine rings is 1. The maximum absolute atomic E-state index is 12.4. The monoisotopic (exact) mass is 297 g/mol. The van der Waals surface area contributed by atoms with Crippen molar-refractivity contribution in [3.05, 3.63) is 41.6 Å². The van der Waals surface area contributed by atoms with Gasteiger partial charge in [0.2, 0.25) is 5.91 Å². The zero-order chi connectivity index (χ0) is 15.5. The van der Waals surface area contributed by atoms with Crippen LogP contribution in [0.1, 0.15) is 28.9 Å². The fourth-order valence-electron chi connectivity index (χ4n) is 2.83. The molecule has 1 aliphatic heterocycles. The van der Waals surface area contributed by atoms with E-state index in [0.29, 0.717) is 5.56 Å². The van der Waals surface area contributed by atoms with E-state index in [0.717, 1.165) is 42.5 Å². The van der Waals surface area contributed by atoms with E-state index in [1.807, 2.05) is 31.2 Å². The smallest absolute Gasteiger partial charge is 0.252 e. The molecule has 0 unspecified atom stereocenters. The van der Waals surface area contributed by atoms with Gasteiger partial charge in [-0.25, -0.2) is 0 Å². The van der Waals surface area contributed by atoms with Crippen molar-refractivity contribution >= 4 is 22.7 Å². The van der Waals surface area contributed by atoms with Crippen molar-refractivity contribution in [2.24, 2.45) is 0 Å². The normalized spacial score (nSPS) is 14.3. The third-order valence-corrected chi connectivity index (χ3v) is 3.95. The van der Waals surface area contributed by atoms with E-state index in [2.05, 4.69) is 10.3 Å². The summed E-state index contributed by atoms with van der Waals surface area (Å²) in [6.45, 7) is 3.51. The second kappa shape index (κ2) is 6.13. The first-order chi connectivity index (χ1) is 10.6. The lowest BCUT2D eigenvalue weighted by Gasteiger charge is -2.15. The number of fused-ring (bicyclic) bond motifs is 1. The number of nitrogens with zero attached hydrogens (tertiary/aromatic N) is 2. The number of hydrogen-bond acceptors (Lipinski definition) is 3. The number of hydrogen-bond donors (Lipinski definition) is 1. The topological polar surface area (TPSA) is 62.3 Å². The molecule has 0 aliphatic carbocycles. The summed E-state index contributed by atoms with van der Waals surface area (Å²) >= 11 is 0. The third-order valence-electron chi connectivity index (χ3n) is 3.95. The lowest BCUT2D eigenvalue weighted by atomic mass is 10.1. The highest BCUT2D eigenvalue weighted by molar-refractivity contribution is 6.07. The molecule has 1 aliphatic rings. The van der Waals surface area contributed by atoms with E-state index in [1.54, 1.807) is 11.0 Å². The predicted octanol–water partition coefficient (Wildman–Crippen LogP) is 1.90. The fraction of sp³-hybridized carbons (Fsp3) is 0.353. The number of carbonyl (C=O) groups is 2. The molecule has 22 heavy (non-hydrogen) atoms. The van der Waals surface area contributed by atoms with Crippen LogP contribution in [0.5, 0.6) is 0 Å². The number of aryl methyl sites for hydroxylation is 1. The summed E-state index contributed by atoms with van der Waals surface area (Å²) in [5.41, 5.74) is 2.14. The molecule has 1 saturated heterocycles. The Morgan fingerprint density at radius 1 is 1.23 bits per heavy atom. The highest BCUT2D eigenvalue weighted by Crippen LogP contribution is 2.18. The molecule has 1 N–H and O–H groups in total. The minimum Gasteiger partial charge on any atom is -0.343 e. The number of amides is 2. The Morgan fingerprint density at radius 3 is 2.73 bits per heavy atom. The summed E-state index contributed by atoms with van der Waals surface area (Å²) in [6.07, 6.45) is 2.10. The second-order valence-corrected chi connectivity index (χ2v) is 5.60. The summed E-state index contributed by atoms with van der Waals surface area (Å²) < 4.78 is 0. The average Bonchev–Trinajstić information content (AvgIpc) is 3.06. The van der Waals surface area contributed by atoms with E-state index >= 15 is 0 Å². The fourth-order valence-corrected chi connectivity index (χ4v) is 2.83. The van der Waals surface area contributed by atoms with Crippen LogP contribution >= 0.6 is 0 Å². The maximum atomic E-state index is 12.4. The number of para-hydroxylation sites is 1. The van der Waals surface area contributed by atoms with Crippen LogP contribution in [0.25, 0.3) is 10.9 Å². The van der Waals surface area contributed by atoms with Gasteiger partial charge < -0.3 is 10.2 Å².